The van der Waals surface area contributed by atoms with Crippen LogP contribution in [0.2, 0.25) is 0 Å². The number of benzene rings is 2. The van der Waals surface area contributed by atoms with Gasteiger partial charge in [0.2, 0.25) is 0 Å². The molecule has 0 spiro atoms. The molecule has 0 unspecified atom stereocenters. The summed E-state index contributed by atoms with van der Waals surface area (Å²) in [6.45, 7) is 0. The summed E-state index contributed by atoms with van der Waals surface area (Å²) in [5, 5.41) is 8.44. The highest BCUT2D eigenvalue weighted by molar-refractivity contribution is 5.70. The fourth-order valence-corrected chi connectivity index (χ4v) is 2.02. The third-order valence-corrected chi connectivity index (χ3v) is 3.20. The Kier molecular flexibility index (Phi) is 4.53. The zero-order valence-electron chi connectivity index (χ0n) is 12.1. The van der Waals surface area contributed by atoms with Gasteiger partial charge < -0.3 is 0 Å². The van der Waals surface area contributed by atoms with E-state index < -0.39 is 0 Å². The Morgan fingerprint density at radius 3 is 1.23 bits per heavy atom. The van der Waals surface area contributed by atoms with Crippen molar-refractivity contribution in [2.24, 2.45) is 0 Å². The molecule has 0 aliphatic heterocycles. The molecule has 0 aliphatic carbocycles. The molecule has 0 aliphatic rings. The standard InChI is InChI=1S/C20H16N2/c1-3-7-17(8-4-1)11-13-19-15-16-20(22-21-19)14-12-18-9-5-2-6-10-18/h1-16H/b13-11-,14-12+. The second kappa shape index (κ2) is 7.14. The smallest absolute Gasteiger partial charge is 0.0858 e. The van der Waals surface area contributed by atoms with Gasteiger partial charge in [0.25, 0.3) is 0 Å². The Hall–Kier alpha value is -3.00. The second-order valence-electron chi connectivity index (χ2n) is 4.87. The van der Waals surface area contributed by atoms with Gasteiger partial charge in [-0.1, -0.05) is 72.8 Å². The van der Waals surface area contributed by atoms with Crippen molar-refractivity contribution in [3.8, 4) is 0 Å². The van der Waals surface area contributed by atoms with E-state index >= 15 is 0 Å². The van der Waals surface area contributed by atoms with Crippen LogP contribution in [-0.2, 0) is 0 Å². The maximum absolute atomic E-state index is 4.22. The van der Waals surface area contributed by atoms with Gasteiger partial charge in [0.1, 0.15) is 0 Å². The van der Waals surface area contributed by atoms with Crippen molar-refractivity contribution >= 4 is 24.3 Å². The maximum atomic E-state index is 4.22. The highest BCUT2D eigenvalue weighted by Crippen LogP contribution is 2.08. The fourth-order valence-electron chi connectivity index (χ4n) is 2.02. The first-order valence-electron chi connectivity index (χ1n) is 7.20. The van der Waals surface area contributed by atoms with Crippen LogP contribution in [0.4, 0.5) is 0 Å². The number of nitrogens with zero attached hydrogens (tertiary/aromatic N) is 2. The molecule has 0 N–H and O–H groups in total. The summed E-state index contributed by atoms with van der Waals surface area (Å²) in [6.07, 6.45) is 7.99. The molecule has 0 saturated heterocycles. The van der Waals surface area contributed by atoms with E-state index in [0.717, 1.165) is 22.5 Å². The highest BCUT2D eigenvalue weighted by Gasteiger charge is 1.92. The minimum absolute atomic E-state index is 0.848. The average molecular weight is 284 g/mol. The zero-order chi connectivity index (χ0) is 15.0. The third-order valence-electron chi connectivity index (χ3n) is 3.20. The predicted octanol–water partition coefficient (Wildman–Crippen LogP) is 4.82. The van der Waals surface area contributed by atoms with Gasteiger partial charge in [-0.2, -0.15) is 10.2 Å². The molecule has 0 radical (unpaired) electrons. The predicted molar refractivity (Wildman–Crippen MR) is 92.8 cm³/mol. The number of rotatable bonds is 4. The molecule has 0 fully saturated rings. The Balaban J connectivity index is 1.68. The minimum Gasteiger partial charge on any atom is -0.151 e. The van der Waals surface area contributed by atoms with Crippen molar-refractivity contribution in [1.82, 2.24) is 10.2 Å². The van der Waals surface area contributed by atoms with E-state index in [2.05, 4.69) is 34.5 Å². The number of hydrogen-bond acceptors (Lipinski definition) is 2. The molecule has 22 heavy (non-hydrogen) atoms. The van der Waals surface area contributed by atoms with E-state index in [0.29, 0.717) is 0 Å². The molecule has 0 atom stereocenters. The van der Waals surface area contributed by atoms with Gasteiger partial charge in [0.15, 0.2) is 0 Å². The molecule has 1 heterocycles. The van der Waals surface area contributed by atoms with Crippen LogP contribution >= 0.6 is 0 Å². The summed E-state index contributed by atoms with van der Waals surface area (Å²) in [7, 11) is 0. The molecule has 2 heteroatoms. The Labute approximate surface area is 130 Å². The van der Waals surface area contributed by atoms with E-state index in [1.807, 2.05) is 72.8 Å². The molecule has 2 aromatic carbocycles. The van der Waals surface area contributed by atoms with Crippen molar-refractivity contribution in [2.75, 3.05) is 0 Å². The Bertz CT molecular complexity index is 689. The zero-order valence-corrected chi connectivity index (χ0v) is 12.1. The van der Waals surface area contributed by atoms with Gasteiger partial charge in [-0.15, -0.1) is 0 Å². The second-order valence-corrected chi connectivity index (χ2v) is 4.87. The molecule has 3 aromatic rings. The molecular formula is C20H16N2. The molecular weight excluding hydrogens is 268 g/mol. The lowest BCUT2D eigenvalue weighted by molar-refractivity contribution is 1.01. The van der Waals surface area contributed by atoms with Crippen molar-refractivity contribution < 1.29 is 0 Å². The molecule has 2 nitrogen and oxygen atoms in total. The average Bonchev–Trinajstić information content (AvgIpc) is 2.61. The van der Waals surface area contributed by atoms with Gasteiger partial charge in [0, 0.05) is 0 Å². The Morgan fingerprint density at radius 2 is 0.864 bits per heavy atom. The van der Waals surface area contributed by atoms with Crippen LogP contribution < -0.4 is 0 Å². The first-order chi connectivity index (χ1) is 10.9. The topological polar surface area (TPSA) is 25.8 Å². The molecule has 0 amide bonds. The van der Waals surface area contributed by atoms with E-state index in [4.69, 9.17) is 0 Å². The summed E-state index contributed by atoms with van der Waals surface area (Å²) in [5.74, 6) is 0. The van der Waals surface area contributed by atoms with Crippen molar-refractivity contribution in [3.05, 3.63) is 95.3 Å². The monoisotopic (exact) mass is 284 g/mol. The summed E-state index contributed by atoms with van der Waals surface area (Å²) in [5.41, 5.74) is 4.00. The summed E-state index contributed by atoms with van der Waals surface area (Å²) in [6, 6.07) is 24.2. The van der Waals surface area contributed by atoms with Crippen LogP contribution in [0.3, 0.4) is 0 Å². The summed E-state index contributed by atoms with van der Waals surface area (Å²) >= 11 is 0. The van der Waals surface area contributed by atoms with E-state index in [-0.39, 0.29) is 0 Å². The normalized spacial score (nSPS) is 11.3. The number of hydrogen-bond donors (Lipinski definition) is 0. The summed E-state index contributed by atoms with van der Waals surface area (Å²) in [4.78, 5) is 0. The van der Waals surface area contributed by atoms with Gasteiger partial charge in [-0.3, -0.25) is 0 Å². The van der Waals surface area contributed by atoms with Gasteiger partial charge >= 0.3 is 0 Å². The van der Waals surface area contributed by atoms with Crippen LogP contribution in [0.25, 0.3) is 24.3 Å². The molecule has 1 aromatic heterocycles. The molecule has 106 valence electrons. The van der Waals surface area contributed by atoms with Crippen LogP contribution in [-0.4, -0.2) is 10.2 Å². The van der Waals surface area contributed by atoms with Crippen LogP contribution in [0, 0.1) is 0 Å². The summed E-state index contributed by atoms with van der Waals surface area (Å²) < 4.78 is 0. The lowest BCUT2D eigenvalue weighted by atomic mass is 10.2. The Morgan fingerprint density at radius 1 is 0.455 bits per heavy atom. The third kappa shape index (κ3) is 4.00. The van der Waals surface area contributed by atoms with Gasteiger partial charge in [0.05, 0.1) is 11.4 Å². The lowest BCUT2D eigenvalue weighted by Gasteiger charge is -1.95. The SMILES string of the molecule is C(=C/c1ccc(/C=C/c2ccccc2)nn1)/c1ccccc1. The number of aromatic nitrogens is 2. The highest BCUT2D eigenvalue weighted by atomic mass is 15.1. The largest absolute Gasteiger partial charge is 0.151 e. The first kappa shape index (κ1) is 14.0. The molecule has 0 saturated carbocycles. The van der Waals surface area contributed by atoms with Gasteiger partial charge in [-0.05, 0) is 35.4 Å². The van der Waals surface area contributed by atoms with E-state index in [1.165, 1.54) is 0 Å². The van der Waals surface area contributed by atoms with Gasteiger partial charge in [-0.25, -0.2) is 0 Å². The van der Waals surface area contributed by atoms with Crippen LogP contribution in [0.15, 0.2) is 72.8 Å². The van der Waals surface area contributed by atoms with Crippen molar-refractivity contribution in [2.45, 2.75) is 0 Å². The first-order valence-corrected chi connectivity index (χ1v) is 7.20. The fraction of sp³-hybridized carbons (Fsp3) is 0. The van der Waals surface area contributed by atoms with Crippen LogP contribution in [0.5, 0.6) is 0 Å². The van der Waals surface area contributed by atoms with Crippen LogP contribution in [0.1, 0.15) is 22.5 Å². The quantitative estimate of drug-likeness (QED) is 0.686. The maximum Gasteiger partial charge on any atom is 0.0858 e. The van der Waals surface area contributed by atoms with E-state index in [9.17, 15) is 0 Å². The minimum atomic E-state index is 0.848. The van der Waals surface area contributed by atoms with Crippen molar-refractivity contribution in [3.63, 3.8) is 0 Å². The molecule has 3 rings (SSSR count). The molecule has 0 bridgehead atoms. The van der Waals surface area contributed by atoms with Crippen molar-refractivity contribution in [1.29, 1.82) is 0 Å². The lowest BCUT2D eigenvalue weighted by Crippen LogP contribution is -1.88. The van der Waals surface area contributed by atoms with E-state index in [1.54, 1.807) is 0 Å².